The second kappa shape index (κ2) is 9.65. The number of benzene rings is 1. The number of carbonyl (C=O) groups is 2. The third-order valence-corrected chi connectivity index (χ3v) is 7.25. The van der Waals surface area contributed by atoms with Gasteiger partial charge in [0.05, 0.1) is 33.3 Å². The van der Waals surface area contributed by atoms with Gasteiger partial charge in [-0.1, -0.05) is 0 Å². The number of nitrogens with one attached hydrogen (secondary N) is 1. The first kappa shape index (κ1) is 23.3. The fourth-order valence-corrected chi connectivity index (χ4v) is 5.43. The van der Waals surface area contributed by atoms with Crippen molar-refractivity contribution in [3.63, 3.8) is 0 Å². The summed E-state index contributed by atoms with van der Waals surface area (Å²) in [5.41, 5.74) is 2.23. The van der Waals surface area contributed by atoms with Gasteiger partial charge in [-0.3, -0.25) is 14.3 Å². The fourth-order valence-electron chi connectivity index (χ4n) is 4.39. The molecule has 9 nitrogen and oxygen atoms in total. The highest BCUT2D eigenvalue weighted by atomic mass is 32.1. The fraction of sp³-hybridized carbons (Fsp3) is 0.320. The average Bonchev–Trinajstić information content (AvgIpc) is 3.58. The smallest absolute Gasteiger partial charge is 0.326 e. The summed E-state index contributed by atoms with van der Waals surface area (Å²) in [4.78, 5) is 32.3. The second-order valence-corrected chi connectivity index (χ2v) is 9.48. The van der Waals surface area contributed by atoms with Crippen molar-refractivity contribution in [3.8, 4) is 11.5 Å². The van der Waals surface area contributed by atoms with Crippen LogP contribution in [0.1, 0.15) is 21.8 Å². The van der Waals surface area contributed by atoms with E-state index >= 15 is 0 Å². The minimum atomic E-state index is -0.290. The Labute approximate surface area is 205 Å². The molecule has 0 saturated carbocycles. The Morgan fingerprint density at radius 1 is 1.26 bits per heavy atom. The molecule has 4 heterocycles. The van der Waals surface area contributed by atoms with Crippen LogP contribution in [0.5, 0.6) is 11.5 Å². The Balaban J connectivity index is 1.41. The van der Waals surface area contributed by atoms with Crippen LogP contribution in [0.3, 0.4) is 0 Å². The molecule has 1 aliphatic heterocycles. The van der Waals surface area contributed by atoms with Crippen LogP contribution in [0, 0.1) is 6.92 Å². The molecule has 2 N–H and O–H groups in total. The predicted molar refractivity (Wildman–Crippen MR) is 134 cm³/mol. The number of hydrogen-bond donors (Lipinski definition) is 2. The topological polar surface area (TPSA) is 106 Å². The van der Waals surface area contributed by atoms with E-state index in [1.54, 1.807) is 30.0 Å². The van der Waals surface area contributed by atoms with E-state index in [0.29, 0.717) is 35.0 Å². The lowest BCUT2D eigenvalue weighted by Gasteiger charge is -2.14. The first-order valence-corrected chi connectivity index (χ1v) is 12.2. The van der Waals surface area contributed by atoms with Crippen molar-refractivity contribution in [2.24, 2.45) is 0 Å². The Hall–Kier alpha value is -3.47. The van der Waals surface area contributed by atoms with E-state index in [1.807, 2.05) is 36.1 Å². The van der Waals surface area contributed by atoms with Crippen LogP contribution in [-0.4, -0.2) is 71.0 Å². The molecule has 3 aromatic heterocycles. The average molecular weight is 495 g/mol. The van der Waals surface area contributed by atoms with Gasteiger partial charge in [-0.15, -0.1) is 11.3 Å². The molecule has 182 valence electrons. The molecule has 1 atom stereocenters. The molecule has 1 unspecified atom stereocenters. The van der Waals surface area contributed by atoms with Crippen LogP contribution >= 0.6 is 11.3 Å². The van der Waals surface area contributed by atoms with Gasteiger partial charge in [0.2, 0.25) is 0 Å². The van der Waals surface area contributed by atoms with Crippen LogP contribution in [0.4, 0.5) is 4.79 Å². The Morgan fingerprint density at radius 3 is 2.89 bits per heavy atom. The van der Waals surface area contributed by atoms with Gasteiger partial charge in [-0.25, -0.2) is 4.79 Å². The maximum absolute atomic E-state index is 13.0. The number of rotatable bonds is 6. The van der Waals surface area contributed by atoms with Gasteiger partial charge in [0, 0.05) is 50.1 Å². The molecule has 35 heavy (non-hydrogen) atoms. The predicted octanol–water partition coefficient (Wildman–Crippen LogP) is 3.76. The van der Waals surface area contributed by atoms with Crippen LogP contribution in [-0.2, 0) is 4.74 Å². The summed E-state index contributed by atoms with van der Waals surface area (Å²) in [5.74, 6) is 1.21. The first-order chi connectivity index (χ1) is 17.0. The molecule has 0 aliphatic carbocycles. The lowest BCUT2D eigenvalue weighted by atomic mass is 10.2. The van der Waals surface area contributed by atoms with Gasteiger partial charge in [0.25, 0.3) is 5.91 Å². The molecule has 1 aliphatic rings. The molecular formula is C25H26N4O5S. The van der Waals surface area contributed by atoms with Crippen molar-refractivity contribution in [3.05, 3.63) is 53.2 Å². The van der Waals surface area contributed by atoms with Crippen LogP contribution in [0.15, 0.2) is 42.6 Å². The summed E-state index contributed by atoms with van der Waals surface area (Å²) < 4.78 is 14.0. The molecule has 1 fully saturated rings. The Kier molecular flexibility index (Phi) is 6.42. The van der Waals surface area contributed by atoms with E-state index in [4.69, 9.17) is 14.6 Å². The normalized spacial score (nSPS) is 15.7. The van der Waals surface area contributed by atoms with Crippen molar-refractivity contribution in [2.75, 3.05) is 33.4 Å². The van der Waals surface area contributed by atoms with Crippen LogP contribution in [0.25, 0.3) is 21.1 Å². The third kappa shape index (κ3) is 4.47. The van der Waals surface area contributed by atoms with E-state index < -0.39 is 0 Å². The highest BCUT2D eigenvalue weighted by Crippen LogP contribution is 2.36. The molecule has 2 amide bonds. The lowest BCUT2D eigenvalue weighted by molar-refractivity contribution is 0.0728. The van der Waals surface area contributed by atoms with Gasteiger partial charge >= 0.3 is 6.03 Å². The number of hydrogen-bond acceptors (Lipinski definition) is 7. The minimum absolute atomic E-state index is 0.0174. The summed E-state index contributed by atoms with van der Waals surface area (Å²) in [7, 11) is 1.67. The monoisotopic (exact) mass is 494 g/mol. The number of aliphatic hydroxyl groups excluding tert-OH is 1. The quantitative estimate of drug-likeness (QED) is 0.423. The SMILES string of the molecule is COC1CCN(C(=O)c2cc3nccc(Oc4ccc5c(c4)cc(C)n5C(=O)NCCO)c3s2)C1. The molecule has 1 aromatic carbocycles. The number of ether oxygens (including phenoxy) is 2. The van der Waals surface area contributed by atoms with Crippen molar-refractivity contribution < 1.29 is 24.2 Å². The molecule has 0 bridgehead atoms. The third-order valence-electron chi connectivity index (χ3n) is 6.13. The summed E-state index contributed by atoms with van der Waals surface area (Å²) in [6, 6.07) is 10.7. The molecule has 0 radical (unpaired) electrons. The van der Waals surface area contributed by atoms with E-state index in [1.165, 1.54) is 11.3 Å². The number of likely N-dealkylation sites (tertiary alicyclic amines) is 1. The van der Waals surface area contributed by atoms with Crippen molar-refractivity contribution in [2.45, 2.75) is 19.4 Å². The number of thiophene rings is 1. The largest absolute Gasteiger partial charge is 0.456 e. The van der Waals surface area contributed by atoms with Gasteiger partial charge in [-0.05, 0) is 43.7 Å². The summed E-state index contributed by atoms with van der Waals surface area (Å²) in [6.45, 7) is 3.19. The number of nitrogens with zero attached hydrogens (tertiary/aromatic N) is 3. The van der Waals surface area contributed by atoms with E-state index in [9.17, 15) is 9.59 Å². The molecule has 5 rings (SSSR count). The zero-order valence-corrected chi connectivity index (χ0v) is 20.3. The molecule has 1 saturated heterocycles. The first-order valence-electron chi connectivity index (χ1n) is 11.4. The summed E-state index contributed by atoms with van der Waals surface area (Å²) >= 11 is 1.37. The maximum Gasteiger partial charge on any atom is 0.326 e. The summed E-state index contributed by atoms with van der Waals surface area (Å²) in [5, 5.41) is 12.5. The zero-order valence-electron chi connectivity index (χ0n) is 19.5. The molecular weight excluding hydrogens is 468 g/mol. The highest BCUT2D eigenvalue weighted by molar-refractivity contribution is 7.21. The van der Waals surface area contributed by atoms with E-state index in [0.717, 1.165) is 27.7 Å². The number of aryl methyl sites for hydroxylation is 1. The standard InChI is InChI=1S/C25H26N4O5S/c1-15-11-16-12-17(3-4-20(16)29(15)25(32)27-8-10-30)34-21-5-7-26-19-13-22(35-23(19)21)24(31)28-9-6-18(14-28)33-2/h3-5,7,11-13,18,30H,6,8-10,14H2,1-2H3,(H,27,32). The number of fused-ring (bicyclic) bond motifs is 2. The maximum atomic E-state index is 13.0. The van der Waals surface area contributed by atoms with Crippen molar-refractivity contribution in [1.29, 1.82) is 0 Å². The lowest BCUT2D eigenvalue weighted by Crippen LogP contribution is -2.31. The van der Waals surface area contributed by atoms with E-state index in [-0.39, 0.29) is 31.2 Å². The minimum Gasteiger partial charge on any atom is -0.456 e. The van der Waals surface area contributed by atoms with Gasteiger partial charge in [0.1, 0.15) is 11.5 Å². The number of aliphatic hydroxyl groups is 1. The second-order valence-electron chi connectivity index (χ2n) is 8.43. The number of pyridine rings is 1. The number of methoxy groups -OCH3 is 1. The number of amides is 2. The molecule has 10 heteroatoms. The number of aromatic nitrogens is 2. The highest BCUT2D eigenvalue weighted by Gasteiger charge is 2.28. The summed E-state index contributed by atoms with van der Waals surface area (Å²) in [6.07, 6.45) is 2.59. The molecule has 0 spiro atoms. The van der Waals surface area contributed by atoms with Crippen LogP contribution in [0.2, 0.25) is 0 Å². The Bertz CT molecular complexity index is 1410. The van der Waals surface area contributed by atoms with Crippen LogP contribution < -0.4 is 10.1 Å². The Morgan fingerprint density at radius 2 is 2.11 bits per heavy atom. The van der Waals surface area contributed by atoms with E-state index in [2.05, 4.69) is 10.3 Å². The number of carbonyl (C=O) groups excluding carboxylic acids is 2. The van der Waals surface area contributed by atoms with Crippen molar-refractivity contribution >= 4 is 44.4 Å². The zero-order chi connectivity index (χ0) is 24.5. The van der Waals surface area contributed by atoms with Gasteiger partial charge < -0.3 is 24.8 Å². The molecule has 4 aromatic rings. The van der Waals surface area contributed by atoms with Gasteiger partial charge in [-0.2, -0.15) is 0 Å². The van der Waals surface area contributed by atoms with Crippen molar-refractivity contribution in [1.82, 2.24) is 19.8 Å². The van der Waals surface area contributed by atoms with Gasteiger partial charge in [0.15, 0.2) is 0 Å².